The summed E-state index contributed by atoms with van der Waals surface area (Å²) in [6.07, 6.45) is 7.06. The summed E-state index contributed by atoms with van der Waals surface area (Å²) in [5.74, 6) is 0.767. The molecule has 1 aliphatic heterocycles. The molecule has 1 aromatic rings. The normalized spacial score (nSPS) is 30.9. The van der Waals surface area contributed by atoms with E-state index >= 15 is 0 Å². The van der Waals surface area contributed by atoms with Crippen LogP contribution in [-0.2, 0) is 9.31 Å². The molecule has 3 heteroatoms. The van der Waals surface area contributed by atoms with Crippen molar-refractivity contribution in [3.05, 3.63) is 29.8 Å². The summed E-state index contributed by atoms with van der Waals surface area (Å²) in [5.41, 5.74) is 2.79. The Labute approximate surface area is 134 Å². The molecule has 1 spiro atoms. The van der Waals surface area contributed by atoms with Gasteiger partial charge in [0.25, 0.3) is 0 Å². The second-order valence-electron chi connectivity index (χ2n) is 8.57. The van der Waals surface area contributed by atoms with Gasteiger partial charge in [0.05, 0.1) is 11.2 Å². The van der Waals surface area contributed by atoms with Gasteiger partial charge in [-0.15, -0.1) is 0 Å². The Hall–Kier alpha value is -0.795. The molecule has 1 saturated heterocycles. The maximum absolute atomic E-state index is 6.21. The fourth-order valence-corrected chi connectivity index (χ4v) is 4.35. The Morgan fingerprint density at radius 3 is 2.18 bits per heavy atom. The van der Waals surface area contributed by atoms with E-state index in [4.69, 9.17) is 9.31 Å². The topological polar surface area (TPSA) is 18.5 Å². The van der Waals surface area contributed by atoms with Crippen LogP contribution in [0.1, 0.15) is 71.3 Å². The van der Waals surface area contributed by atoms with Gasteiger partial charge in [-0.2, -0.15) is 0 Å². The Morgan fingerprint density at radius 2 is 1.68 bits per heavy atom. The highest BCUT2D eigenvalue weighted by molar-refractivity contribution is 6.62. The van der Waals surface area contributed by atoms with Crippen molar-refractivity contribution in [2.75, 3.05) is 0 Å². The molecule has 2 aliphatic carbocycles. The third-order valence-corrected chi connectivity index (χ3v) is 6.86. The summed E-state index contributed by atoms with van der Waals surface area (Å²) in [6.45, 7) is 8.47. The first-order chi connectivity index (χ1) is 10.3. The molecular formula is C19H27BO2. The van der Waals surface area contributed by atoms with Crippen molar-refractivity contribution in [2.24, 2.45) is 5.41 Å². The van der Waals surface area contributed by atoms with Crippen LogP contribution in [0.25, 0.3) is 0 Å². The molecule has 4 rings (SSSR count). The van der Waals surface area contributed by atoms with Crippen LogP contribution in [0.15, 0.2) is 24.3 Å². The van der Waals surface area contributed by atoms with Gasteiger partial charge in [0, 0.05) is 0 Å². The van der Waals surface area contributed by atoms with E-state index in [0.29, 0.717) is 5.41 Å². The van der Waals surface area contributed by atoms with Gasteiger partial charge in [0.2, 0.25) is 0 Å². The highest BCUT2D eigenvalue weighted by Crippen LogP contribution is 2.63. The summed E-state index contributed by atoms with van der Waals surface area (Å²) >= 11 is 0. The molecule has 1 heterocycles. The van der Waals surface area contributed by atoms with Crippen molar-refractivity contribution in [3.63, 3.8) is 0 Å². The molecule has 118 valence electrons. The van der Waals surface area contributed by atoms with E-state index in [1.54, 1.807) is 0 Å². The largest absolute Gasteiger partial charge is 0.494 e. The Morgan fingerprint density at radius 1 is 1.00 bits per heavy atom. The van der Waals surface area contributed by atoms with E-state index in [1.165, 1.54) is 43.1 Å². The van der Waals surface area contributed by atoms with E-state index in [0.717, 1.165) is 5.92 Å². The third kappa shape index (κ3) is 2.01. The van der Waals surface area contributed by atoms with Crippen LogP contribution in [0.4, 0.5) is 0 Å². The SMILES string of the molecule is CC1(C)OB(c2cccc(C3CCC34CCC4)c2)OC1(C)C. The lowest BCUT2D eigenvalue weighted by Gasteiger charge is -2.56. The van der Waals surface area contributed by atoms with Gasteiger partial charge in [0.1, 0.15) is 0 Å². The van der Waals surface area contributed by atoms with Crippen molar-refractivity contribution in [3.8, 4) is 0 Å². The van der Waals surface area contributed by atoms with Gasteiger partial charge >= 0.3 is 7.12 Å². The molecule has 0 amide bonds. The molecular weight excluding hydrogens is 271 g/mol. The molecule has 3 aliphatic rings. The average Bonchev–Trinajstić information content (AvgIpc) is 2.56. The molecule has 0 aromatic heterocycles. The zero-order valence-corrected chi connectivity index (χ0v) is 14.3. The maximum Gasteiger partial charge on any atom is 0.494 e. The third-order valence-electron chi connectivity index (χ3n) is 6.86. The minimum Gasteiger partial charge on any atom is -0.399 e. The lowest BCUT2D eigenvalue weighted by atomic mass is 9.48. The molecule has 0 bridgehead atoms. The van der Waals surface area contributed by atoms with E-state index in [-0.39, 0.29) is 18.3 Å². The number of benzene rings is 1. The molecule has 22 heavy (non-hydrogen) atoms. The monoisotopic (exact) mass is 298 g/mol. The number of hydrogen-bond donors (Lipinski definition) is 0. The lowest BCUT2D eigenvalue weighted by molar-refractivity contribution is -0.00195. The van der Waals surface area contributed by atoms with Crippen molar-refractivity contribution in [2.45, 2.75) is 76.9 Å². The van der Waals surface area contributed by atoms with Crippen molar-refractivity contribution in [1.82, 2.24) is 0 Å². The highest BCUT2D eigenvalue weighted by atomic mass is 16.7. The van der Waals surface area contributed by atoms with Gasteiger partial charge in [-0.05, 0) is 75.7 Å². The first-order valence-corrected chi connectivity index (χ1v) is 8.79. The van der Waals surface area contributed by atoms with Gasteiger partial charge in [-0.25, -0.2) is 0 Å². The molecule has 1 aromatic carbocycles. The molecule has 1 unspecified atom stereocenters. The Balaban J connectivity index is 1.58. The maximum atomic E-state index is 6.21. The minimum absolute atomic E-state index is 0.234. The van der Waals surface area contributed by atoms with Gasteiger partial charge in [-0.1, -0.05) is 30.7 Å². The summed E-state index contributed by atoms with van der Waals surface area (Å²) in [7, 11) is -0.234. The minimum atomic E-state index is -0.265. The fourth-order valence-electron chi connectivity index (χ4n) is 4.35. The average molecular weight is 298 g/mol. The fraction of sp³-hybridized carbons (Fsp3) is 0.684. The van der Waals surface area contributed by atoms with Crippen LogP contribution >= 0.6 is 0 Å². The van der Waals surface area contributed by atoms with E-state index < -0.39 is 0 Å². The predicted octanol–water partition coefficient (Wildman–Crippen LogP) is 4.03. The van der Waals surface area contributed by atoms with Crippen LogP contribution in [0.2, 0.25) is 0 Å². The first kappa shape index (κ1) is 14.8. The van der Waals surface area contributed by atoms with Crippen LogP contribution in [0.5, 0.6) is 0 Å². The summed E-state index contributed by atoms with van der Waals surface area (Å²) < 4.78 is 12.4. The number of rotatable bonds is 2. The molecule has 0 N–H and O–H groups in total. The van der Waals surface area contributed by atoms with Crippen LogP contribution in [0, 0.1) is 5.41 Å². The Bertz CT molecular complexity index is 567. The van der Waals surface area contributed by atoms with Gasteiger partial charge in [-0.3, -0.25) is 0 Å². The second kappa shape index (κ2) is 4.61. The van der Waals surface area contributed by atoms with Crippen molar-refractivity contribution in [1.29, 1.82) is 0 Å². The van der Waals surface area contributed by atoms with Gasteiger partial charge < -0.3 is 9.31 Å². The number of hydrogen-bond acceptors (Lipinski definition) is 2. The van der Waals surface area contributed by atoms with Gasteiger partial charge in [0.15, 0.2) is 0 Å². The first-order valence-electron chi connectivity index (χ1n) is 8.79. The van der Waals surface area contributed by atoms with Crippen molar-refractivity contribution >= 4 is 12.6 Å². The molecule has 2 nitrogen and oxygen atoms in total. The van der Waals surface area contributed by atoms with Crippen molar-refractivity contribution < 1.29 is 9.31 Å². The summed E-state index contributed by atoms with van der Waals surface area (Å²) in [6, 6.07) is 8.98. The zero-order chi connectivity index (χ0) is 15.6. The van der Waals surface area contributed by atoms with E-state index in [1.807, 2.05) is 0 Å². The molecule has 3 fully saturated rings. The lowest BCUT2D eigenvalue weighted by Crippen LogP contribution is -2.44. The van der Waals surface area contributed by atoms with Crippen LogP contribution in [0.3, 0.4) is 0 Å². The van der Waals surface area contributed by atoms with E-state index in [9.17, 15) is 0 Å². The van der Waals surface area contributed by atoms with Crippen LogP contribution < -0.4 is 5.46 Å². The Kier molecular flexibility index (Phi) is 3.10. The second-order valence-corrected chi connectivity index (χ2v) is 8.57. The standard InChI is InChI=1S/C19H27BO2/c1-17(2)18(3,4)22-20(21-17)15-8-5-7-14(13-15)16-9-12-19(16)10-6-11-19/h5,7-8,13,16H,6,9-12H2,1-4H3. The summed E-state index contributed by atoms with van der Waals surface area (Å²) in [4.78, 5) is 0. The van der Waals surface area contributed by atoms with Crippen LogP contribution in [-0.4, -0.2) is 18.3 Å². The molecule has 0 radical (unpaired) electrons. The summed E-state index contributed by atoms with van der Waals surface area (Å²) in [5, 5.41) is 0. The highest BCUT2D eigenvalue weighted by Gasteiger charge is 2.53. The predicted molar refractivity (Wildman–Crippen MR) is 90.4 cm³/mol. The molecule has 2 saturated carbocycles. The quantitative estimate of drug-likeness (QED) is 0.767. The molecule has 1 atom stereocenters. The smallest absolute Gasteiger partial charge is 0.399 e. The van der Waals surface area contributed by atoms with E-state index in [2.05, 4.69) is 52.0 Å². The zero-order valence-electron chi connectivity index (χ0n) is 14.3.